The number of ether oxygens (including phenoxy) is 2. The van der Waals surface area contributed by atoms with Gasteiger partial charge in [-0.15, -0.1) is 0 Å². The first-order valence-corrected chi connectivity index (χ1v) is 9.61. The summed E-state index contributed by atoms with van der Waals surface area (Å²) in [7, 11) is 0. The van der Waals surface area contributed by atoms with Gasteiger partial charge in [0.15, 0.2) is 0 Å². The third-order valence-corrected chi connectivity index (χ3v) is 6.31. The van der Waals surface area contributed by atoms with Crippen molar-refractivity contribution in [2.75, 3.05) is 39.5 Å². The lowest BCUT2D eigenvalue weighted by atomic mass is 9.66. The molecule has 4 nitrogen and oxygen atoms in total. The molecule has 4 heteroatoms. The number of rotatable bonds is 6. The van der Waals surface area contributed by atoms with Crippen molar-refractivity contribution in [3.8, 4) is 0 Å². The van der Waals surface area contributed by atoms with Crippen molar-refractivity contribution >= 4 is 0 Å². The van der Waals surface area contributed by atoms with Crippen LogP contribution >= 0.6 is 0 Å². The third kappa shape index (κ3) is 3.98. The Morgan fingerprint density at radius 1 is 1.12 bits per heavy atom. The maximum Gasteiger partial charge on any atom is 0.0521 e. The Bertz CT molecular complexity index is 510. The summed E-state index contributed by atoms with van der Waals surface area (Å²) in [4.78, 5) is 6.71. The van der Waals surface area contributed by atoms with Gasteiger partial charge in [-0.3, -0.25) is 9.88 Å². The van der Waals surface area contributed by atoms with Gasteiger partial charge < -0.3 is 9.47 Å². The van der Waals surface area contributed by atoms with Gasteiger partial charge in [0.2, 0.25) is 0 Å². The molecule has 0 amide bonds. The zero-order chi connectivity index (χ0) is 16.2. The Balaban J connectivity index is 1.30. The van der Waals surface area contributed by atoms with Gasteiger partial charge in [-0.05, 0) is 74.2 Å². The zero-order valence-electron chi connectivity index (χ0n) is 14.7. The summed E-state index contributed by atoms with van der Waals surface area (Å²) < 4.78 is 11.9. The first-order valence-electron chi connectivity index (χ1n) is 9.61. The summed E-state index contributed by atoms with van der Waals surface area (Å²) in [6, 6.07) is 4.26. The van der Waals surface area contributed by atoms with Gasteiger partial charge in [0.05, 0.1) is 13.2 Å². The maximum absolute atomic E-state index is 6.05. The first-order chi connectivity index (χ1) is 11.8. The quantitative estimate of drug-likeness (QED) is 0.803. The molecule has 1 saturated carbocycles. The molecule has 132 valence electrons. The van der Waals surface area contributed by atoms with E-state index in [1.165, 1.54) is 50.8 Å². The van der Waals surface area contributed by atoms with Crippen LogP contribution in [-0.2, 0) is 16.0 Å². The van der Waals surface area contributed by atoms with E-state index in [0.29, 0.717) is 11.3 Å². The van der Waals surface area contributed by atoms with Gasteiger partial charge in [-0.25, -0.2) is 0 Å². The second-order valence-electron chi connectivity index (χ2n) is 8.00. The SMILES string of the molecule is c1cc(CN2CCC3(CCOC[C@@H]3COCC3CC3)CC2)ccn1. The van der Waals surface area contributed by atoms with Crippen molar-refractivity contribution in [1.82, 2.24) is 9.88 Å². The van der Waals surface area contributed by atoms with Gasteiger partial charge in [0.1, 0.15) is 0 Å². The molecule has 2 aliphatic heterocycles. The lowest BCUT2D eigenvalue weighted by Gasteiger charge is -2.49. The molecule has 1 atom stereocenters. The number of nitrogens with zero attached hydrogens (tertiary/aromatic N) is 2. The molecule has 0 aromatic carbocycles. The van der Waals surface area contributed by atoms with Crippen molar-refractivity contribution in [2.45, 2.75) is 38.6 Å². The van der Waals surface area contributed by atoms with E-state index in [-0.39, 0.29) is 0 Å². The summed E-state index contributed by atoms with van der Waals surface area (Å²) >= 11 is 0. The second-order valence-corrected chi connectivity index (χ2v) is 8.00. The molecule has 3 fully saturated rings. The molecule has 0 N–H and O–H groups in total. The average Bonchev–Trinajstić information content (AvgIpc) is 3.44. The molecule has 0 radical (unpaired) electrons. The van der Waals surface area contributed by atoms with Crippen LogP contribution in [0.2, 0.25) is 0 Å². The number of hydrogen-bond acceptors (Lipinski definition) is 4. The Morgan fingerprint density at radius 2 is 1.92 bits per heavy atom. The molecular weight excluding hydrogens is 300 g/mol. The smallest absolute Gasteiger partial charge is 0.0521 e. The van der Waals surface area contributed by atoms with Gasteiger partial charge in [-0.2, -0.15) is 0 Å². The lowest BCUT2D eigenvalue weighted by molar-refractivity contribution is -0.101. The van der Waals surface area contributed by atoms with Crippen LogP contribution in [0, 0.1) is 17.3 Å². The zero-order valence-corrected chi connectivity index (χ0v) is 14.7. The van der Waals surface area contributed by atoms with E-state index in [4.69, 9.17) is 9.47 Å². The third-order valence-electron chi connectivity index (χ3n) is 6.31. The summed E-state index contributed by atoms with van der Waals surface area (Å²) in [5, 5.41) is 0. The minimum absolute atomic E-state index is 0.455. The highest BCUT2D eigenvalue weighted by atomic mass is 16.5. The fourth-order valence-electron chi connectivity index (χ4n) is 4.33. The standard InChI is InChI=1S/C20H30N2O2/c1-2-18(1)14-24-16-19-15-23-12-7-20(19)5-10-22(11-6-20)13-17-3-8-21-9-4-17/h3-4,8-9,18-19H,1-2,5-7,10-16H2/t19-/m1/s1. The van der Waals surface area contributed by atoms with Gasteiger partial charge in [0, 0.05) is 38.1 Å². The van der Waals surface area contributed by atoms with E-state index in [2.05, 4.69) is 22.0 Å². The van der Waals surface area contributed by atoms with Gasteiger partial charge in [-0.1, -0.05) is 0 Å². The van der Waals surface area contributed by atoms with Crippen molar-refractivity contribution in [3.05, 3.63) is 30.1 Å². The van der Waals surface area contributed by atoms with Crippen LogP contribution in [0.3, 0.4) is 0 Å². The van der Waals surface area contributed by atoms with Crippen molar-refractivity contribution in [3.63, 3.8) is 0 Å². The van der Waals surface area contributed by atoms with Crippen LogP contribution in [0.15, 0.2) is 24.5 Å². The number of aromatic nitrogens is 1. The highest BCUT2D eigenvalue weighted by Gasteiger charge is 2.43. The van der Waals surface area contributed by atoms with Crippen LogP contribution in [0.1, 0.15) is 37.7 Å². The first kappa shape index (κ1) is 16.5. The molecule has 1 aromatic rings. The monoisotopic (exact) mass is 330 g/mol. The molecule has 24 heavy (non-hydrogen) atoms. The second kappa shape index (κ2) is 7.51. The van der Waals surface area contributed by atoms with Crippen LogP contribution in [0.4, 0.5) is 0 Å². The molecule has 4 rings (SSSR count). The number of likely N-dealkylation sites (tertiary alicyclic amines) is 1. The molecule has 1 spiro atoms. The van der Waals surface area contributed by atoms with E-state index in [1.807, 2.05) is 12.4 Å². The highest BCUT2D eigenvalue weighted by Crippen LogP contribution is 2.45. The van der Waals surface area contributed by atoms with E-state index >= 15 is 0 Å². The summed E-state index contributed by atoms with van der Waals surface area (Å²) in [6.07, 6.45) is 10.3. The molecule has 0 unspecified atom stereocenters. The lowest BCUT2D eigenvalue weighted by Crippen LogP contribution is -2.49. The molecule has 1 aliphatic carbocycles. The van der Waals surface area contributed by atoms with Crippen LogP contribution < -0.4 is 0 Å². The Hall–Kier alpha value is -0.970. The topological polar surface area (TPSA) is 34.6 Å². The van der Waals surface area contributed by atoms with Crippen molar-refractivity contribution in [2.24, 2.45) is 17.3 Å². The summed E-state index contributed by atoms with van der Waals surface area (Å²) in [6.45, 7) is 7.15. The Labute approximate surface area is 145 Å². The molecule has 2 saturated heterocycles. The average molecular weight is 330 g/mol. The minimum Gasteiger partial charge on any atom is -0.381 e. The fourth-order valence-corrected chi connectivity index (χ4v) is 4.33. The van der Waals surface area contributed by atoms with Gasteiger partial charge >= 0.3 is 0 Å². The summed E-state index contributed by atoms with van der Waals surface area (Å²) in [5.74, 6) is 1.45. The number of pyridine rings is 1. The van der Waals surface area contributed by atoms with Crippen molar-refractivity contribution in [1.29, 1.82) is 0 Å². The Kier molecular flexibility index (Phi) is 5.16. The van der Waals surface area contributed by atoms with E-state index in [9.17, 15) is 0 Å². The highest BCUT2D eigenvalue weighted by molar-refractivity contribution is 5.09. The molecule has 3 aliphatic rings. The van der Waals surface area contributed by atoms with Crippen LogP contribution in [0.5, 0.6) is 0 Å². The predicted octanol–water partition coefficient (Wildman–Crippen LogP) is 3.13. The van der Waals surface area contributed by atoms with E-state index in [1.54, 1.807) is 0 Å². The maximum atomic E-state index is 6.05. The molecule has 0 bridgehead atoms. The predicted molar refractivity (Wildman–Crippen MR) is 93.7 cm³/mol. The number of hydrogen-bond donors (Lipinski definition) is 0. The molecule has 3 heterocycles. The largest absolute Gasteiger partial charge is 0.381 e. The minimum atomic E-state index is 0.455. The van der Waals surface area contributed by atoms with Crippen LogP contribution in [0.25, 0.3) is 0 Å². The Morgan fingerprint density at radius 3 is 2.67 bits per heavy atom. The molecule has 1 aromatic heterocycles. The van der Waals surface area contributed by atoms with Crippen LogP contribution in [-0.4, -0.2) is 49.4 Å². The summed E-state index contributed by atoms with van der Waals surface area (Å²) in [5.41, 5.74) is 1.83. The van der Waals surface area contributed by atoms with E-state index < -0.39 is 0 Å². The fraction of sp³-hybridized carbons (Fsp3) is 0.750. The van der Waals surface area contributed by atoms with Gasteiger partial charge in [0.25, 0.3) is 0 Å². The molecular formula is C20H30N2O2. The normalized spacial score (nSPS) is 27.4. The van der Waals surface area contributed by atoms with Crippen molar-refractivity contribution < 1.29 is 9.47 Å². The van der Waals surface area contributed by atoms with E-state index in [0.717, 1.165) is 38.9 Å². The number of piperidine rings is 1.